The molecule has 0 heterocycles. The van der Waals surface area contributed by atoms with Crippen molar-refractivity contribution in [3.8, 4) is 0 Å². The van der Waals surface area contributed by atoms with Crippen LogP contribution in [0.1, 0.15) is 21.5 Å². The highest BCUT2D eigenvalue weighted by Crippen LogP contribution is 2.21. The summed E-state index contributed by atoms with van der Waals surface area (Å²) in [5.74, 6) is -0.186. The average Bonchev–Trinajstić information content (AvgIpc) is 2.45. The predicted molar refractivity (Wildman–Crippen MR) is 83.3 cm³/mol. The Morgan fingerprint density at radius 1 is 1.20 bits per heavy atom. The number of anilines is 1. The molecule has 0 spiro atoms. The molecule has 0 aliphatic rings. The molecule has 0 aliphatic carbocycles. The Bertz CT molecular complexity index is 626. The highest BCUT2D eigenvalue weighted by molar-refractivity contribution is 6.34. The van der Waals surface area contributed by atoms with Gasteiger partial charge in [-0.25, -0.2) is 0 Å². The van der Waals surface area contributed by atoms with E-state index in [4.69, 9.17) is 11.6 Å². The molecule has 0 saturated carbocycles. The van der Waals surface area contributed by atoms with Gasteiger partial charge in [0.05, 0.1) is 10.6 Å². The molecule has 4 heteroatoms. The zero-order valence-electron chi connectivity index (χ0n) is 11.5. The van der Waals surface area contributed by atoms with Gasteiger partial charge in [0.15, 0.2) is 0 Å². The summed E-state index contributed by atoms with van der Waals surface area (Å²) in [4.78, 5) is 11.7. The smallest absolute Gasteiger partial charge is 0.252 e. The first-order valence-electron chi connectivity index (χ1n) is 6.41. The lowest BCUT2D eigenvalue weighted by Crippen LogP contribution is -2.18. The molecule has 2 aromatic rings. The molecule has 2 N–H and O–H groups in total. The summed E-state index contributed by atoms with van der Waals surface area (Å²) >= 11 is 6.02. The van der Waals surface area contributed by atoms with Crippen molar-refractivity contribution in [2.75, 3.05) is 12.4 Å². The standard InChI is InChI=1S/C16H17ClN2O/c1-11-4-3-5-12(8-11)10-19-13-6-7-15(17)14(9-13)16(20)18-2/h3-9,19H,10H2,1-2H3,(H,18,20). The molecule has 104 valence electrons. The highest BCUT2D eigenvalue weighted by atomic mass is 35.5. The molecule has 0 fully saturated rings. The van der Waals surface area contributed by atoms with Crippen LogP contribution in [0.3, 0.4) is 0 Å². The van der Waals surface area contributed by atoms with Crippen LogP contribution in [0, 0.1) is 6.92 Å². The van der Waals surface area contributed by atoms with Gasteiger partial charge in [-0.3, -0.25) is 4.79 Å². The van der Waals surface area contributed by atoms with Crippen molar-refractivity contribution in [2.45, 2.75) is 13.5 Å². The van der Waals surface area contributed by atoms with E-state index >= 15 is 0 Å². The van der Waals surface area contributed by atoms with Crippen molar-refractivity contribution >= 4 is 23.2 Å². The highest BCUT2D eigenvalue weighted by Gasteiger charge is 2.09. The van der Waals surface area contributed by atoms with Gasteiger partial charge in [-0.1, -0.05) is 41.4 Å². The molecular weight excluding hydrogens is 272 g/mol. The van der Waals surface area contributed by atoms with Crippen molar-refractivity contribution in [2.24, 2.45) is 0 Å². The number of amides is 1. The molecule has 20 heavy (non-hydrogen) atoms. The van der Waals surface area contributed by atoms with Crippen LogP contribution >= 0.6 is 11.6 Å². The predicted octanol–water partition coefficient (Wildman–Crippen LogP) is 3.62. The van der Waals surface area contributed by atoms with Crippen LogP contribution in [-0.4, -0.2) is 13.0 Å². The molecule has 2 aromatic carbocycles. The van der Waals surface area contributed by atoms with Crippen LogP contribution in [0.5, 0.6) is 0 Å². The van der Waals surface area contributed by atoms with E-state index in [1.54, 1.807) is 19.2 Å². The zero-order valence-corrected chi connectivity index (χ0v) is 12.3. The molecule has 0 atom stereocenters. The Morgan fingerprint density at radius 3 is 2.70 bits per heavy atom. The van der Waals surface area contributed by atoms with E-state index in [2.05, 4.69) is 35.8 Å². The molecular formula is C16H17ClN2O. The Morgan fingerprint density at radius 2 is 2.00 bits per heavy atom. The Labute approximate surface area is 124 Å². The van der Waals surface area contributed by atoms with Gasteiger partial charge >= 0.3 is 0 Å². The summed E-state index contributed by atoms with van der Waals surface area (Å²) in [6.45, 7) is 2.77. The summed E-state index contributed by atoms with van der Waals surface area (Å²) in [7, 11) is 1.59. The molecule has 0 radical (unpaired) electrons. The maximum Gasteiger partial charge on any atom is 0.252 e. The summed E-state index contributed by atoms with van der Waals surface area (Å²) in [5, 5.41) is 6.33. The van der Waals surface area contributed by atoms with Gasteiger partial charge in [0.2, 0.25) is 0 Å². The second-order valence-corrected chi connectivity index (χ2v) is 5.02. The third-order valence-electron chi connectivity index (χ3n) is 3.02. The van der Waals surface area contributed by atoms with Gasteiger partial charge in [0, 0.05) is 19.3 Å². The maximum atomic E-state index is 11.7. The third-order valence-corrected chi connectivity index (χ3v) is 3.35. The lowest BCUT2D eigenvalue weighted by molar-refractivity contribution is 0.0963. The number of aryl methyl sites for hydroxylation is 1. The van der Waals surface area contributed by atoms with E-state index in [0.717, 1.165) is 5.69 Å². The SMILES string of the molecule is CNC(=O)c1cc(NCc2cccc(C)c2)ccc1Cl. The van der Waals surface area contributed by atoms with Gasteiger partial charge in [0.25, 0.3) is 5.91 Å². The van der Waals surface area contributed by atoms with E-state index in [0.29, 0.717) is 17.1 Å². The minimum absolute atomic E-state index is 0.186. The van der Waals surface area contributed by atoms with Gasteiger partial charge in [0.1, 0.15) is 0 Å². The lowest BCUT2D eigenvalue weighted by Gasteiger charge is -2.10. The maximum absolute atomic E-state index is 11.7. The summed E-state index contributed by atoms with van der Waals surface area (Å²) in [6, 6.07) is 13.6. The minimum atomic E-state index is -0.186. The molecule has 0 bridgehead atoms. The van der Waals surface area contributed by atoms with Crippen molar-refractivity contribution in [1.82, 2.24) is 5.32 Å². The van der Waals surface area contributed by atoms with Crippen molar-refractivity contribution in [3.05, 3.63) is 64.2 Å². The van der Waals surface area contributed by atoms with E-state index in [-0.39, 0.29) is 5.91 Å². The van der Waals surface area contributed by atoms with Crippen LogP contribution in [0.25, 0.3) is 0 Å². The Hall–Kier alpha value is -2.00. The second kappa shape index (κ2) is 6.44. The lowest BCUT2D eigenvalue weighted by atomic mass is 10.1. The average molecular weight is 289 g/mol. The van der Waals surface area contributed by atoms with E-state index in [1.165, 1.54) is 11.1 Å². The van der Waals surface area contributed by atoms with Crippen LogP contribution in [-0.2, 0) is 6.54 Å². The number of halogens is 1. The number of carbonyl (C=O) groups excluding carboxylic acids is 1. The molecule has 0 unspecified atom stereocenters. The summed E-state index contributed by atoms with van der Waals surface area (Å²) in [5.41, 5.74) is 3.77. The Balaban J connectivity index is 2.12. The minimum Gasteiger partial charge on any atom is -0.381 e. The molecule has 0 aliphatic heterocycles. The Kier molecular flexibility index (Phi) is 4.64. The number of hydrogen-bond donors (Lipinski definition) is 2. The van der Waals surface area contributed by atoms with Gasteiger partial charge in [-0.05, 0) is 30.7 Å². The van der Waals surface area contributed by atoms with Gasteiger partial charge < -0.3 is 10.6 Å². The molecule has 0 saturated heterocycles. The number of carbonyl (C=O) groups is 1. The van der Waals surface area contributed by atoms with E-state index < -0.39 is 0 Å². The molecule has 2 rings (SSSR count). The van der Waals surface area contributed by atoms with Crippen LogP contribution in [0.2, 0.25) is 5.02 Å². The normalized spacial score (nSPS) is 10.2. The third kappa shape index (κ3) is 3.52. The van der Waals surface area contributed by atoms with Crippen molar-refractivity contribution < 1.29 is 4.79 Å². The molecule has 3 nitrogen and oxygen atoms in total. The second-order valence-electron chi connectivity index (χ2n) is 4.62. The number of nitrogens with one attached hydrogen (secondary N) is 2. The van der Waals surface area contributed by atoms with Gasteiger partial charge in [-0.15, -0.1) is 0 Å². The first-order chi connectivity index (χ1) is 9.60. The first kappa shape index (κ1) is 14.4. The van der Waals surface area contributed by atoms with Crippen molar-refractivity contribution in [3.63, 3.8) is 0 Å². The fourth-order valence-corrected chi connectivity index (χ4v) is 2.17. The molecule has 0 aromatic heterocycles. The number of benzene rings is 2. The van der Waals surface area contributed by atoms with Crippen LogP contribution in [0.15, 0.2) is 42.5 Å². The summed E-state index contributed by atoms with van der Waals surface area (Å²) in [6.07, 6.45) is 0. The van der Waals surface area contributed by atoms with E-state index in [1.807, 2.05) is 12.1 Å². The van der Waals surface area contributed by atoms with Crippen molar-refractivity contribution in [1.29, 1.82) is 0 Å². The molecule has 1 amide bonds. The monoisotopic (exact) mass is 288 g/mol. The zero-order chi connectivity index (χ0) is 14.5. The topological polar surface area (TPSA) is 41.1 Å². The van der Waals surface area contributed by atoms with Gasteiger partial charge in [-0.2, -0.15) is 0 Å². The van der Waals surface area contributed by atoms with Crippen LogP contribution < -0.4 is 10.6 Å². The largest absolute Gasteiger partial charge is 0.381 e. The summed E-state index contributed by atoms with van der Waals surface area (Å²) < 4.78 is 0. The fourth-order valence-electron chi connectivity index (χ4n) is 1.97. The first-order valence-corrected chi connectivity index (χ1v) is 6.79. The van der Waals surface area contributed by atoms with E-state index in [9.17, 15) is 4.79 Å². The fraction of sp³-hybridized carbons (Fsp3) is 0.188. The number of rotatable bonds is 4. The quantitative estimate of drug-likeness (QED) is 0.902. The number of hydrogen-bond acceptors (Lipinski definition) is 2. The van der Waals surface area contributed by atoms with Crippen LogP contribution in [0.4, 0.5) is 5.69 Å².